The van der Waals surface area contributed by atoms with Crippen LogP contribution in [-0.2, 0) is 0 Å². The highest BCUT2D eigenvalue weighted by Crippen LogP contribution is 2.10. The van der Waals surface area contributed by atoms with Crippen molar-refractivity contribution in [3.63, 3.8) is 0 Å². The van der Waals surface area contributed by atoms with Crippen LogP contribution in [-0.4, -0.2) is 15.2 Å². The van der Waals surface area contributed by atoms with Crippen LogP contribution in [0, 0.1) is 6.92 Å². The minimum Gasteiger partial charge on any atom is -0.291 e. The van der Waals surface area contributed by atoms with Crippen LogP contribution in [0.1, 0.15) is 5.56 Å². The number of anilines is 1. The zero-order chi connectivity index (χ0) is 9.26. The number of benzene rings is 1. The van der Waals surface area contributed by atoms with Crippen molar-refractivity contribution in [2.45, 2.75) is 6.92 Å². The maximum absolute atomic E-state index is 5.16. The largest absolute Gasteiger partial charge is 0.291 e. The Morgan fingerprint density at radius 3 is 2.85 bits per heavy atom. The number of nitrogen functional groups attached to an aromatic ring is 1. The fraction of sp³-hybridized carbons (Fsp3) is 0.125. The second-order valence-corrected chi connectivity index (χ2v) is 2.77. The van der Waals surface area contributed by atoms with E-state index in [2.05, 4.69) is 20.6 Å². The highest BCUT2D eigenvalue weighted by Gasteiger charge is 1.99. The molecule has 13 heavy (non-hydrogen) atoms. The fourth-order valence-corrected chi connectivity index (χ4v) is 1.11. The third-order valence-corrected chi connectivity index (χ3v) is 1.74. The maximum atomic E-state index is 5.16. The molecule has 2 rings (SSSR count). The van der Waals surface area contributed by atoms with Gasteiger partial charge in [0.25, 0.3) is 5.95 Å². The summed E-state index contributed by atoms with van der Waals surface area (Å²) >= 11 is 0. The van der Waals surface area contributed by atoms with Gasteiger partial charge in [-0.05, 0) is 24.6 Å². The summed E-state index contributed by atoms with van der Waals surface area (Å²) in [6.45, 7) is 2.00. The summed E-state index contributed by atoms with van der Waals surface area (Å²) in [5.41, 5.74) is 5.05. The van der Waals surface area contributed by atoms with Gasteiger partial charge < -0.3 is 0 Å². The summed E-state index contributed by atoms with van der Waals surface area (Å²) in [4.78, 5) is 4.13. The van der Waals surface area contributed by atoms with Gasteiger partial charge in [-0.25, -0.2) is 10.8 Å². The van der Waals surface area contributed by atoms with E-state index in [-0.39, 0.29) is 0 Å². The lowest BCUT2D eigenvalue weighted by molar-refractivity contribution is 1.01. The number of nitrogens with one attached hydrogen (secondary N) is 1. The number of nitrogens with two attached hydrogens (primary N) is 1. The van der Waals surface area contributed by atoms with Crippen molar-refractivity contribution in [2.75, 3.05) is 5.43 Å². The number of aromatic nitrogens is 3. The molecule has 0 saturated heterocycles. The molecule has 0 atom stereocenters. The molecular weight excluding hydrogens is 166 g/mol. The van der Waals surface area contributed by atoms with Crippen LogP contribution in [0.25, 0.3) is 11.0 Å². The van der Waals surface area contributed by atoms with E-state index in [0.29, 0.717) is 5.95 Å². The highest BCUT2D eigenvalue weighted by molar-refractivity contribution is 5.75. The van der Waals surface area contributed by atoms with Crippen molar-refractivity contribution >= 4 is 17.0 Å². The normalized spacial score (nSPS) is 10.3. The summed E-state index contributed by atoms with van der Waals surface area (Å²) < 4.78 is 0. The third-order valence-electron chi connectivity index (χ3n) is 1.74. The first kappa shape index (κ1) is 7.88. The van der Waals surface area contributed by atoms with Gasteiger partial charge in [-0.3, -0.25) is 5.43 Å². The number of hydrogen-bond acceptors (Lipinski definition) is 5. The van der Waals surface area contributed by atoms with Crippen molar-refractivity contribution in [2.24, 2.45) is 5.84 Å². The molecule has 3 N–H and O–H groups in total. The van der Waals surface area contributed by atoms with Crippen LogP contribution in [0.5, 0.6) is 0 Å². The number of hydrogen-bond donors (Lipinski definition) is 2. The van der Waals surface area contributed by atoms with Crippen molar-refractivity contribution in [1.29, 1.82) is 0 Å². The summed E-state index contributed by atoms with van der Waals surface area (Å²) in [6, 6.07) is 5.78. The molecule has 66 valence electrons. The molecule has 5 nitrogen and oxygen atoms in total. The Morgan fingerprint density at radius 1 is 1.23 bits per heavy atom. The van der Waals surface area contributed by atoms with Crippen LogP contribution in [0.15, 0.2) is 18.2 Å². The fourth-order valence-electron chi connectivity index (χ4n) is 1.11. The van der Waals surface area contributed by atoms with Crippen molar-refractivity contribution in [1.82, 2.24) is 15.2 Å². The minimum absolute atomic E-state index is 0.330. The SMILES string of the molecule is Cc1ccc2nc(NN)nnc2c1. The minimum atomic E-state index is 0.330. The van der Waals surface area contributed by atoms with Crippen molar-refractivity contribution in [3.8, 4) is 0 Å². The average Bonchev–Trinajstić information content (AvgIpc) is 2.17. The topological polar surface area (TPSA) is 76.7 Å². The Hall–Kier alpha value is -1.75. The van der Waals surface area contributed by atoms with E-state index in [1.807, 2.05) is 25.1 Å². The maximum Gasteiger partial charge on any atom is 0.257 e. The number of hydrazine groups is 1. The van der Waals surface area contributed by atoms with Gasteiger partial charge in [0, 0.05) is 0 Å². The lowest BCUT2D eigenvalue weighted by Crippen LogP contribution is -2.11. The Bertz CT molecular complexity index is 439. The molecule has 0 unspecified atom stereocenters. The molecule has 0 amide bonds. The van der Waals surface area contributed by atoms with E-state index in [0.717, 1.165) is 16.6 Å². The van der Waals surface area contributed by atoms with E-state index in [1.54, 1.807) is 0 Å². The molecular formula is C8H9N5. The molecule has 2 aromatic rings. The predicted molar refractivity (Wildman–Crippen MR) is 49.9 cm³/mol. The van der Waals surface area contributed by atoms with Gasteiger partial charge in [0.15, 0.2) is 0 Å². The molecule has 1 aromatic heterocycles. The second-order valence-electron chi connectivity index (χ2n) is 2.77. The molecule has 0 aliphatic rings. The summed E-state index contributed by atoms with van der Waals surface area (Å²) in [5.74, 6) is 5.49. The molecule has 0 radical (unpaired) electrons. The Labute approximate surface area is 75.0 Å². The van der Waals surface area contributed by atoms with Gasteiger partial charge in [0.1, 0.15) is 5.52 Å². The van der Waals surface area contributed by atoms with Crippen molar-refractivity contribution < 1.29 is 0 Å². The molecule has 0 bridgehead atoms. The Morgan fingerprint density at radius 2 is 2.08 bits per heavy atom. The molecule has 5 heteroatoms. The summed E-state index contributed by atoms with van der Waals surface area (Å²) in [5, 5.41) is 7.73. The molecule has 0 aliphatic carbocycles. The smallest absolute Gasteiger partial charge is 0.257 e. The second kappa shape index (κ2) is 2.95. The van der Waals surface area contributed by atoms with E-state index >= 15 is 0 Å². The summed E-state index contributed by atoms with van der Waals surface area (Å²) in [7, 11) is 0. The van der Waals surface area contributed by atoms with Crippen LogP contribution in [0.2, 0.25) is 0 Å². The Balaban J connectivity index is 2.66. The van der Waals surface area contributed by atoms with Gasteiger partial charge >= 0.3 is 0 Å². The first-order valence-corrected chi connectivity index (χ1v) is 3.87. The lowest BCUT2D eigenvalue weighted by atomic mass is 10.2. The quantitative estimate of drug-likeness (QED) is 0.490. The first-order chi connectivity index (χ1) is 6.29. The molecule has 0 fully saturated rings. The van der Waals surface area contributed by atoms with Gasteiger partial charge in [-0.2, -0.15) is 0 Å². The number of nitrogens with zero attached hydrogens (tertiary/aromatic N) is 3. The molecule has 1 aromatic carbocycles. The standard InChI is InChI=1S/C8H9N5/c1-5-2-3-6-7(4-5)12-13-8(10-6)11-9/h2-4H,9H2,1H3,(H,10,11,13). The van der Waals surface area contributed by atoms with E-state index in [1.165, 1.54) is 0 Å². The highest BCUT2D eigenvalue weighted by atomic mass is 15.3. The third kappa shape index (κ3) is 1.41. The molecule has 0 saturated carbocycles. The summed E-state index contributed by atoms with van der Waals surface area (Å²) in [6.07, 6.45) is 0. The first-order valence-electron chi connectivity index (χ1n) is 3.87. The number of aryl methyl sites for hydroxylation is 1. The number of fused-ring (bicyclic) bond motifs is 1. The van der Waals surface area contributed by atoms with E-state index < -0.39 is 0 Å². The van der Waals surface area contributed by atoms with E-state index in [4.69, 9.17) is 5.84 Å². The van der Waals surface area contributed by atoms with Crippen molar-refractivity contribution in [3.05, 3.63) is 23.8 Å². The van der Waals surface area contributed by atoms with Crippen LogP contribution < -0.4 is 11.3 Å². The average molecular weight is 175 g/mol. The predicted octanol–water partition coefficient (Wildman–Crippen LogP) is 0.619. The molecule has 1 heterocycles. The monoisotopic (exact) mass is 175 g/mol. The van der Waals surface area contributed by atoms with Gasteiger partial charge in [0.05, 0.1) is 5.52 Å². The zero-order valence-corrected chi connectivity index (χ0v) is 7.15. The molecule has 0 aliphatic heterocycles. The van der Waals surface area contributed by atoms with E-state index in [9.17, 15) is 0 Å². The molecule has 0 spiro atoms. The van der Waals surface area contributed by atoms with Gasteiger partial charge in [-0.15, -0.1) is 10.2 Å². The van der Waals surface area contributed by atoms with Crippen LogP contribution in [0.3, 0.4) is 0 Å². The lowest BCUT2D eigenvalue weighted by Gasteiger charge is -1.99. The van der Waals surface area contributed by atoms with Crippen LogP contribution >= 0.6 is 0 Å². The zero-order valence-electron chi connectivity index (χ0n) is 7.15. The number of rotatable bonds is 1. The van der Waals surface area contributed by atoms with Gasteiger partial charge in [0.2, 0.25) is 0 Å². The van der Waals surface area contributed by atoms with Crippen LogP contribution in [0.4, 0.5) is 5.95 Å². The van der Waals surface area contributed by atoms with Gasteiger partial charge in [-0.1, -0.05) is 6.07 Å². The Kier molecular flexibility index (Phi) is 1.79.